The first-order valence-corrected chi connectivity index (χ1v) is 6.82. The number of nitrogens with two attached hydrogens (primary N) is 1. The van der Waals surface area contributed by atoms with Crippen LogP contribution in [0.25, 0.3) is 0 Å². The maximum Gasteiger partial charge on any atom is 0.209 e. The maximum absolute atomic E-state index is 10.7. The number of primary sulfonamides is 1. The van der Waals surface area contributed by atoms with Gasteiger partial charge in [-0.15, -0.1) is 0 Å². The second kappa shape index (κ2) is 7.16. The van der Waals surface area contributed by atoms with Crippen LogP contribution in [0.2, 0.25) is 0 Å². The average Bonchev–Trinajstić information content (AvgIpc) is 2.08. The van der Waals surface area contributed by atoms with Crippen molar-refractivity contribution >= 4 is 10.0 Å². The number of methoxy groups -OCH3 is 1. The van der Waals surface area contributed by atoms with E-state index in [0.29, 0.717) is 19.1 Å². The third-order valence-electron chi connectivity index (χ3n) is 2.19. The Bertz CT molecular complexity index is 252. The summed E-state index contributed by atoms with van der Waals surface area (Å²) in [7, 11) is -1.67. The maximum atomic E-state index is 10.7. The van der Waals surface area contributed by atoms with E-state index in [1.165, 1.54) is 0 Å². The van der Waals surface area contributed by atoms with E-state index in [0.717, 1.165) is 13.1 Å². The van der Waals surface area contributed by atoms with Crippen molar-refractivity contribution in [2.45, 2.75) is 26.3 Å². The fraction of sp³-hybridized carbons (Fsp3) is 1.00. The van der Waals surface area contributed by atoms with Gasteiger partial charge in [0.15, 0.2) is 0 Å². The van der Waals surface area contributed by atoms with Crippen LogP contribution in [0.4, 0.5) is 0 Å². The minimum absolute atomic E-state index is 0.0448. The molecule has 0 fully saturated rings. The third kappa shape index (κ3) is 8.80. The summed E-state index contributed by atoms with van der Waals surface area (Å²) in [6.45, 7) is 6.36. The number of rotatable bonds is 8. The van der Waals surface area contributed by atoms with Crippen LogP contribution in [0.5, 0.6) is 0 Å². The fourth-order valence-electron chi connectivity index (χ4n) is 1.31. The quantitative estimate of drug-likeness (QED) is 0.647. The summed E-state index contributed by atoms with van der Waals surface area (Å²) < 4.78 is 26.4. The molecule has 0 spiro atoms. The molecule has 92 valence electrons. The first-order valence-electron chi connectivity index (χ1n) is 5.10. The molecule has 0 aromatic heterocycles. The molecule has 0 saturated carbocycles. The molecule has 0 bridgehead atoms. The smallest absolute Gasteiger partial charge is 0.209 e. The van der Waals surface area contributed by atoms with Gasteiger partial charge in [0, 0.05) is 19.7 Å². The largest absolute Gasteiger partial charge is 0.383 e. The van der Waals surface area contributed by atoms with Gasteiger partial charge in [0.05, 0.1) is 12.4 Å². The van der Waals surface area contributed by atoms with Gasteiger partial charge in [-0.05, 0) is 26.8 Å². The summed E-state index contributed by atoms with van der Waals surface area (Å²) in [6.07, 6.45) is 0.570. The summed E-state index contributed by atoms with van der Waals surface area (Å²) in [6, 6.07) is 0.389. The van der Waals surface area contributed by atoms with E-state index in [2.05, 4.69) is 18.7 Å². The van der Waals surface area contributed by atoms with Crippen molar-refractivity contribution in [3.8, 4) is 0 Å². The van der Waals surface area contributed by atoms with Gasteiger partial charge in [-0.1, -0.05) is 0 Å². The van der Waals surface area contributed by atoms with Crippen LogP contribution in [-0.4, -0.2) is 51.9 Å². The van der Waals surface area contributed by atoms with Gasteiger partial charge in [-0.3, -0.25) is 4.90 Å². The molecule has 0 atom stereocenters. The number of sulfonamides is 1. The molecular formula is C9H22N2O3S. The Balaban J connectivity index is 3.86. The minimum Gasteiger partial charge on any atom is -0.383 e. The lowest BCUT2D eigenvalue weighted by molar-refractivity contribution is 0.130. The molecule has 0 radical (unpaired) electrons. The van der Waals surface area contributed by atoms with Crippen molar-refractivity contribution in [3.05, 3.63) is 0 Å². The third-order valence-corrected chi connectivity index (χ3v) is 3.04. The molecule has 0 aliphatic carbocycles. The number of hydrogen-bond acceptors (Lipinski definition) is 4. The van der Waals surface area contributed by atoms with E-state index in [1.54, 1.807) is 7.11 Å². The van der Waals surface area contributed by atoms with Crippen LogP contribution < -0.4 is 5.14 Å². The van der Waals surface area contributed by atoms with Crippen molar-refractivity contribution in [3.63, 3.8) is 0 Å². The summed E-state index contributed by atoms with van der Waals surface area (Å²) in [4.78, 5) is 2.18. The summed E-state index contributed by atoms with van der Waals surface area (Å²) >= 11 is 0. The lowest BCUT2D eigenvalue weighted by Crippen LogP contribution is -2.35. The standard InChI is InChI=1S/C9H22N2O3S/c1-9(2)11(6-7-14-3)5-4-8-15(10,12)13/h9H,4-8H2,1-3H3,(H2,10,12,13). The first-order chi connectivity index (χ1) is 6.87. The van der Waals surface area contributed by atoms with Gasteiger partial charge in [-0.2, -0.15) is 0 Å². The minimum atomic E-state index is -3.32. The van der Waals surface area contributed by atoms with Gasteiger partial charge in [0.25, 0.3) is 0 Å². The second-order valence-electron chi connectivity index (χ2n) is 3.84. The van der Waals surface area contributed by atoms with Crippen molar-refractivity contribution < 1.29 is 13.2 Å². The van der Waals surface area contributed by atoms with E-state index in [4.69, 9.17) is 9.88 Å². The topological polar surface area (TPSA) is 72.6 Å². The van der Waals surface area contributed by atoms with Crippen molar-refractivity contribution in [1.29, 1.82) is 0 Å². The molecule has 0 aliphatic heterocycles. The Labute approximate surface area is 92.6 Å². The highest BCUT2D eigenvalue weighted by Crippen LogP contribution is 2.00. The lowest BCUT2D eigenvalue weighted by Gasteiger charge is -2.25. The normalized spacial score (nSPS) is 12.7. The van der Waals surface area contributed by atoms with Crippen LogP contribution in [0.15, 0.2) is 0 Å². The second-order valence-corrected chi connectivity index (χ2v) is 5.58. The molecule has 0 amide bonds. The van der Waals surface area contributed by atoms with Crippen LogP contribution in [0.3, 0.4) is 0 Å². The van der Waals surface area contributed by atoms with Gasteiger partial charge in [-0.25, -0.2) is 13.6 Å². The molecule has 0 aromatic rings. The number of ether oxygens (including phenoxy) is 1. The highest BCUT2D eigenvalue weighted by atomic mass is 32.2. The Hall–Kier alpha value is -0.170. The molecule has 0 saturated heterocycles. The summed E-state index contributed by atoms with van der Waals surface area (Å²) in [5.74, 6) is 0.0448. The zero-order valence-electron chi connectivity index (χ0n) is 9.77. The molecule has 0 aliphatic rings. The monoisotopic (exact) mass is 238 g/mol. The molecule has 0 aromatic carbocycles. The molecule has 5 nitrogen and oxygen atoms in total. The number of nitrogens with zero attached hydrogens (tertiary/aromatic N) is 1. The molecule has 0 unspecified atom stereocenters. The van der Waals surface area contributed by atoms with Crippen LogP contribution in [-0.2, 0) is 14.8 Å². The first kappa shape index (κ1) is 14.8. The van der Waals surface area contributed by atoms with Gasteiger partial charge in [0.1, 0.15) is 0 Å². The van der Waals surface area contributed by atoms with Crippen molar-refractivity contribution in [2.75, 3.05) is 32.6 Å². The lowest BCUT2D eigenvalue weighted by atomic mass is 10.3. The molecule has 0 heterocycles. The SMILES string of the molecule is COCCN(CCCS(N)(=O)=O)C(C)C. The Morgan fingerprint density at radius 1 is 1.33 bits per heavy atom. The van der Waals surface area contributed by atoms with Crippen LogP contribution in [0, 0.1) is 0 Å². The molecule has 15 heavy (non-hydrogen) atoms. The predicted molar refractivity (Wildman–Crippen MR) is 61.2 cm³/mol. The zero-order valence-corrected chi connectivity index (χ0v) is 10.6. The highest BCUT2D eigenvalue weighted by Gasteiger charge is 2.10. The Kier molecular flexibility index (Phi) is 7.08. The molecular weight excluding hydrogens is 216 g/mol. The molecule has 0 rings (SSSR count). The highest BCUT2D eigenvalue weighted by molar-refractivity contribution is 7.89. The van der Waals surface area contributed by atoms with E-state index >= 15 is 0 Å². The molecule has 2 N–H and O–H groups in total. The Morgan fingerprint density at radius 2 is 1.93 bits per heavy atom. The average molecular weight is 238 g/mol. The van der Waals surface area contributed by atoms with Gasteiger partial charge < -0.3 is 4.74 Å². The predicted octanol–water partition coefficient (Wildman–Crippen LogP) is 0.0218. The van der Waals surface area contributed by atoms with E-state index in [-0.39, 0.29) is 5.75 Å². The molecule has 6 heteroatoms. The van der Waals surface area contributed by atoms with Crippen molar-refractivity contribution in [2.24, 2.45) is 5.14 Å². The van der Waals surface area contributed by atoms with E-state index in [9.17, 15) is 8.42 Å². The Morgan fingerprint density at radius 3 is 2.33 bits per heavy atom. The fourth-order valence-corrected chi connectivity index (χ4v) is 1.84. The van der Waals surface area contributed by atoms with Crippen LogP contribution in [0.1, 0.15) is 20.3 Å². The summed E-state index contributed by atoms with van der Waals surface area (Å²) in [5, 5.41) is 4.93. The van der Waals surface area contributed by atoms with Crippen molar-refractivity contribution in [1.82, 2.24) is 4.90 Å². The van der Waals surface area contributed by atoms with Gasteiger partial charge >= 0.3 is 0 Å². The zero-order chi connectivity index (χ0) is 11.9. The van der Waals surface area contributed by atoms with E-state index < -0.39 is 10.0 Å². The van der Waals surface area contributed by atoms with Crippen LogP contribution >= 0.6 is 0 Å². The van der Waals surface area contributed by atoms with Gasteiger partial charge in [0.2, 0.25) is 10.0 Å². The summed E-state index contributed by atoms with van der Waals surface area (Å²) in [5.41, 5.74) is 0. The van der Waals surface area contributed by atoms with E-state index in [1.807, 2.05) is 0 Å². The number of hydrogen-bond donors (Lipinski definition) is 1.